The summed E-state index contributed by atoms with van der Waals surface area (Å²) in [6, 6.07) is 13.3. The number of carbonyl (C=O) groups is 2. The van der Waals surface area contributed by atoms with Crippen molar-refractivity contribution in [1.29, 1.82) is 0 Å². The Kier molecular flexibility index (Phi) is 6.47. The molecule has 1 aromatic heterocycles. The lowest BCUT2D eigenvalue weighted by molar-refractivity contribution is -0.115. The van der Waals surface area contributed by atoms with Crippen molar-refractivity contribution in [1.82, 2.24) is 4.98 Å². The van der Waals surface area contributed by atoms with Crippen LogP contribution in [0.3, 0.4) is 0 Å². The summed E-state index contributed by atoms with van der Waals surface area (Å²) in [6.07, 6.45) is 3.20. The van der Waals surface area contributed by atoms with Gasteiger partial charge in [0.25, 0.3) is 0 Å². The molecule has 0 saturated heterocycles. The second kappa shape index (κ2) is 9.05. The van der Waals surface area contributed by atoms with Crippen LogP contribution in [0, 0.1) is 13.8 Å². The number of carbonyl (C=O) groups excluding carboxylic acids is 2. The first-order valence-corrected chi connectivity index (χ1v) is 10.5. The van der Waals surface area contributed by atoms with Gasteiger partial charge in [-0.1, -0.05) is 12.1 Å². The third-order valence-corrected chi connectivity index (χ3v) is 5.75. The monoisotopic (exact) mass is 419 g/mol. The number of allylic oxidation sites excluding steroid dienone is 1. The molecule has 0 radical (unpaired) electrons. The molecule has 0 saturated carbocycles. The highest BCUT2D eigenvalue weighted by Gasteiger charge is 2.20. The topological polar surface area (TPSA) is 53.5 Å². The smallest absolute Gasteiger partial charge is 0.230 e. The van der Waals surface area contributed by atoms with Crippen LogP contribution in [0.4, 0.5) is 16.5 Å². The zero-order chi connectivity index (χ0) is 21.8. The number of amides is 1. The Hall–Kier alpha value is -3.25. The third-order valence-electron chi connectivity index (χ3n) is 4.91. The molecule has 2 aromatic carbocycles. The summed E-state index contributed by atoms with van der Waals surface area (Å²) < 4.78 is 0. The van der Waals surface area contributed by atoms with Crippen LogP contribution in [0.15, 0.2) is 53.9 Å². The van der Waals surface area contributed by atoms with Crippen molar-refractivity contribution >= 4 is 45.6 Å². The Labute approximate surface area is 181 Å². The van der Waals surface area contributed by atoms with Gasteiger partial charge in [0, 0.05) is 37.6 Å². The lowest BCUT2D eigenvalue weighted by Gasteiger charge is -2.21. The molecular formula is C24H25N3O2S. The number of hydrogen-bond donors (Lipinski definition) is 0. The largest absolute Gasteiger partial charge is 0.378 e. The molecule has 0 fully saturated rings. The maximum atomic E-state index is 12.5. The van der Waals surface area contributed by atoms with Crippen molar-refractivity contribution in [2.45, 2.75) is 20.8 Å². The normalized spacial score (nSPS) is 11.0. The van der Waals surface area contributed by atoms with Crippen LogP contribution in [0.25, 0.3) is 6.08 Å². The van der Waals surface area contributed by atoms with Crippen LogP contribution in [-0.4, -0.2) is 30.8 Å². The fourth-order valence-corrected chi connectivity index (χ4v) is 3.87. The minimum Gasteiger partial charge on any atom is -0.378 e. The van der Waals surface area contributed by atoms with Crippen molar-refractivity contribution in [3.05, 3.63) is 76.3 Å². The van der Waals surface area contributed by atoms with Gasteiger partial charge in [0.1, 0.15) is 0 Å². The van der Waals surface area contributed by atoms with E-state index in [-0.39, 0.29) is 11.7 Å². The summed E-state index contributed by atoms with van der Waals surface area (Å²) in [7, 11) is 3.91. The first kappa shape index (κ1) is 21.5. The van der Waals surface area contributed by atoms with Crippen LogP contribution in [0.5, 0.6) is 0 Å². The van der Waals surface area contributed by atoms with Gasteiger partial charge in [0.05, 0.1) is 11.4 Å². The Morgan fingerprint density at radius 2 is 1.73 bits per heavy atom. The molecule has 0 atom stereocenters. The minimum absolute atomic E-state index is 0.0900. The van der Waals surface area contributed by atoms with E-state index in [1.165, 1.54) is 24.3 Å². The molecule has 5 nitrogen and oxygen atoms in total. The number of thiazole rings is 1. The molecule has 30 heavy (non-hydrogen) atoms. The van der Waals surface area contributed by atoms with Gasteiger partial charge in [-0.2, -0.15) is 0 Å². The van der Waals surface area contributed by atoms with Crippen LogP contribution < -0.4 is 9.80 Å². The van der Waals surface area contributed by atoms with E-state index in [1.807, 2.05) is 80.7 Å². The molecule has 0 spiro atoms. The highest BCUT2D eigenvalue weighted by Crippen LogP contribution is 2.32. The molecular weight excluding hydrogens is 394 g/mol. The van der Waals surface area contributed by atoms with E-state index < -0.39 is 0 Å². The van der Waals surface area contributed by atoms with Crippen molar-refractivity contribution in [3.63, 3.8) is 0 Å². The number of hydrogen-bond acceptors (Lipinski definition) is 5. The van der Waals surface area contributed by atoms with Crippen molar-refractivity contribution in [2.75, 3.05) is 23.9 Å². The Morgan fingerprint density at radius 1 is 1.03 bits per heavy atom. The Bertz CT molecular complexity index is 1100. The van der Waals surface area contributed by atoms with Gasteiger partial charge < -0.3 is 4.90 Å². The summed E-state index contributed by atoms with van der Waals surface area (Å²) in [5, 5.41) is 2.42. The van der Waals surface area contributed by atoms with E-state index in [1.54, 1.807) is 11.0 Å². The molecule has 6 heteroatoms. The molecule has 1 heterocycles. The summed E-state index contributed by atoms with van der Waals surface area (Å²) in [5.41, 5.74) is 5.27. The molecule has 0 aliphatic rings. The van der Waals surface area contributed by atoms with Gasteiger partial charge in [-0.3, -0.25) is 14.5 Å². The van der Waals surface area contributed by atoms with Crippen molar-refractivity contribution < 1.29 is 9.59 Å². The highest BCUT2D eigenvalue weighted by molar-refractivity contribution is 7.14. The molecule has 3 rings (SSSR count). The molecule has 154 valence electrons. The van der Waals surface area contributed by atoms with Crippen LogP contribution in [-0.2, 0) is 4.79 Å². The fraction of sp³-hybridized carbons (Fsp3) is 0.208. The summed E-state index contributed by atoms with van der Waals surface area (Å²) in [5.74, 6) is -0.196. The maximum absolute atomic E-state index is 12.5. The minimum atomic E-state index is -0.106. The van der Waals surface area contributed by atoms with Gasteiger partial charge >= 0.3 is 0 Å². The number of benzene rings is 2. The number of aryl methyl sites for hydroxylation is 1. The van der Waals surface area contributed by atoms with E-state index in [9.17, 15) is 9.59 Å². The number of ketones is 1. The van der Waals surface area contributed by atoms with Crippen LogP contribution in [0.2, 0.25) is 0 Å². The molecule has 0 aliphatic heterocycles. The van der Waals surface area contributed by atoms with Gasteiger partial charge in [0.15, 0.2) is 10.9 Å². The van der Waals surface area contributed by atoms with Crippen LogP contribution in [0.1, 0.15) is 34.1 Å². The fourth-order valence-electron chi connectivity index (χ4n) is 3.02. The average molecular weight is 420 g/mol. The first-order chi connectivity index (χ1) is 14.3. The first-order valence-electron chi connectivity index (χ1n) is 9.60. The lowest BCUT2D eigenvalue weighted by Crippen LogP contribution is -2.23. The summed E-state index contributed by atoms with van der Waals surface area (Å²) >= 11 is 1.37. The van der Waals surface area contributed by atoms with E-state index in [0.717, 1.165) is 22.5 Å². The predicted molar refractivity (Wildman–Crippen MR) is 125 cm³/mol. The molecule has 3 aromatic rings. The second-order valence-corrected chi connectivity index (χ2v) is 8.10. The summed E-state index contributed by atoms with van der Waals surface area (Å²) in [4.78, 5) is 33.0. The number of nitrogens with zero attached hydrogens (tertiary/aromatic N) is 3. The van der Waals surface area contributed by atoms with Gasteiger partial charge in [-0.25, -0.2) is 4.98 Å². The maximum Gasteiger partial charge on any atom is 0.230 e. The summed E-state index contributed by atoms with van der Waals surface area (Å²) in [6.45, 7) is 5.54. The Balaban J connectivity index is 1.81. The number of rotatable bonds is 6. The van der Waals surface area contributed by atoms with Crippen molar-refractivity contribution in [2.24, 2.45) is 0 Å². The number of aromatic nitrogens is 1. The molecule has 0 unspecified atom stereocenters. The second-order valence-electron chi connectivity index (χ2n) is 7.27. The molecule has 0 aliphatic carbocycles. The number of anilines is 3. The standard InChI is InChI=1S/C24H25N3O2S/c1-16-7-6-8-22(17(16)2)27(18(3)28)24-25-20(15-30-24)11-14-23(29)19-9-12-21(13-10-19)26(4)5/h6-15H,1-5H3/b14-11+. The van der Waals surface area contributed by atoms with Gasteiger partial charge in [0.2, 0.25) is 5.91 Å². The van der Waals surface area contributed by atoms with Crippen LogP contribution >= 0.6 is 11.3 Å². The van der Waals surface area contributed by atoms with E-state index >= 15 is 0 Å². The van der Waals surface area contributed by atoms with Crippen molar-refractivity contribution in [3.8, 4) is 0 Å². The highest BCUT2D eigenvalue weighted by atomic mass is 32.1. The zero-order valence-corrected chi connectivity index (χ0v) is 18.7. The van der Waals surface area contributed by atoms with Gasteiger partial charge in [-0.05, 0) is 67.5 Å². The lowest BCUT2D eigenvalue weighted by atomic mass is 10.1. The molecule has 0 N–H and O–H groups in total. The SMILES string of the molecule is CC(=O)N(c1nc(/C=C/C(=O)c2ccc(N(C)C)cc2)cs1)c1cccc(C)c1C. The van der Waals surface area contributed by atoms with E-state index in [4.69, 9.17) is 0 Å². The predicted octanol–water partition coefficient (Wildman–Crippen LogP) is 5.41. The zero-order valence-electron chi connectivity index (χ0n) is 17.8. The quantitative estimate of drug-likeness (QED) is 0.396. The molecule has 1 amide bonds. The van der Waals surface area contributed by atoms with E-state index in [2.05, 4.69) is 4.98 Å². The third kappa shape index (κ3) is 4.66. The Morgan fingerprint density at radius 3 is 2.37 bits per heavy atom. The van der Waals surface area contributed by atoms with E-state index in [0.29, 0.717) is 16.4 Å². The average Bonchev–Trinajstić information content (AvgIpc) is 3.17. The van der Waals surface area contributed by atoms with Gasteiger partial charge in [-0.15, -0.1) is 11.3 Å². The molecule has 0 bridgehead atoms.